The van der Waals surface area contributed by atoms with Crippen molar-refractivity contribution in [2.75, 3.05) is 19.8 Å². The van der Waals surface area contributed by atoms with Crippen LogP contribution in [-0.2, 0) is 13.1 Å². The molecular weight excluding hydrogens is 505 g/mol. The van der Waals surface area contributed by atoms with Gasteiger partial charge in [0.15, 0.2) is 5.65 Å². The van der Waals surface area contributed by atoms with Crippen molar-refractivity contribution in [2.45, 2.75) is 26.9 Å². The summed E-state index contributed by atoms with van der Waals surface area (Å²) in [6.07, 6.45) is 3.44. The molecule has 0 amide bonds. The predicted octanol–water partition coefficient (Wildman–Crippen LogP) is 5.98. The number of phenols is 1. The summed E-state index contributed by atoms with van der Waals surface area (Å²) in [4.78, 5) is 10.8. The van der Waals surface area contributed by atoms with E-state index in [4.69, 9.17) is 10.8 Å². The van der Waals surface area contributed by atoms with Crippen LogP contribution in [0.2, 0.25) is 0 Å². The number of rotatable bonds is 6. The molecular formula is C31H32FN7O. The summed E-state index contributed by atoms with van der Waals surface area (Å²) in [6, 6.07) is 20.6. The van der Waals surface area contributed by atoms with Crippen LogP contribution < -0.4 is 5.73 Å². The fourth-order valence-corrected chi connectivity index (χ4v) is 5.02. The predicted molar refractivity (Wildman–Crippen MR) is 157 cm³/mol. The summed E-state index contributed by atoms with van der Waals surface area (Å²) < 4.78 is 18.1. The lowest BCUT2D eigenvalue weighted by Gasteiger charge is -2.13. The highest BCUT2D eigenvalue weighted by molar-refractivity contribution is 5.98. The summed E-state index contributed by atoms with van der Waals surface area (Å²) in [7, 11) is 4.11. The highest BCUT2D eigenvalue weighted by Gasteiger charge is 2.21. The molecule has 204 valence electrons. The van der Waals surface area contributed by atoms with Gasteiger partial charge < -0.3 is 20.1 Å². The quantitative estimate of drug-likeness (QED) is 0.271. The van der Waals surface area contributed by atoms with Crippen LogP contribution in [0.25, 0.3) is 39.1 Å². The van der Waals surface area contributed by atoms with E-state index in [2.05, 4.69) is 76.0 Å². The van der Waals surface area contributed by atoms with Gasteiger partial charge in [-0.1, -0.05) is 38.1 Å². The monoisotopic (exact) mass is 537 g/mol. The maximum Gasteiger partial charge on any atom is 0.164 e. The van der Waals surface area contributed by atoms with E-state index in [9.17, 15) is 9.50 Å². The Morgan fingerprint density at radius 2 is 1.77 bits per heavy atom. The maximum atomic E-state index is 14.2. The second-order valence-corrected chi connectivity index (χ2v) is 9.61. The minimum atomic E-state index is -0.573. The first-order valence-corrected chi connectivity index (χ1v) is 13.2. The normalized spacial score (nSPS) is 11.2. The Bertz CT molecular complexity index is 1790. The van der Waals surface area contributed by atoms with Gasteiger partial charge >= 0.3 is 0 Å². The molecule has 3 N–H and O–H groups in total. The van der Waals surface area contributed by atoms with Gasteiger partial charge in [0, 0.05) is 35.5 Å². The molecule has 0 unspecified atom stereocenters. The number of halogens is 1. The second kappa shape index (κ2) is 11.2. The number of pyridine rings is 1. The van der Waals surface area contributed by atoms with E-state index in [-0.39, 0.29) is 11.6 Å². The molecule has 0 aliphatic heterocycles. The summed E-state index contributed by atoms with van der Waals surface area (Å²) >= 11 is 0. The van der Waals surface area contributed by atoms with E-state index in [1.807, 2.05) is 26.0 Å². The van der Waals surface area contributed by atoms with Crippen molar-refractivity contribution in [3.63, 3.8) is 0 Å². The number of phenolic OH excluding ortho intramolecular Hbond substituents is 1. The van der Waals surface area contributed by atoms with Crippen LogP contribution in [0.1, 0.15) is 25.0 Å². The topological polar surface area (TPSA) is 97.5 Å². The van der Waals surface area contributed by atoms with Crippen LogP contribution in [0.5, 0.6) is 5.75 Å². The molecule has 6 rings (SSSR count). The fourth-order valence-electron chi connectivity index (χ4n) is 5.02. The second-order valence-electron chi connectivity index (χ2n) is 9.61. The maximum absolute atomic E-state index is 14.2. The van der Waals surface area contributed by atoms with Crippen molar-refractivity contribution in [3.8, 4) is 28.3 Å². The minimum Gasteiger partial charge on any atom is -0.508 e. The molecule has 0 aliphatic carbocycles. The summed E-state index contributed by atoms with van der Waals surface area (Å²) in [5, 5.41) is 15.3. The standard InChI is InChI=1S/C29H26FN7O.C2H6/c1-35(2)15-18-6-5-7-19(10-18)27-21(12-23-8-3-4-9-36(23)27)16-37-29-25(28(31)32-17-33-29)26(34-37)20-11-22(30)14-24(38)13-20;1-2/h3-14,17,38H,15-16H2,1-2H3,(H2,31,32,33);1-2H3. The Balaban J connectivity index is 0.00000158. The molecule has 4 aromatic heterocycles. The Kier molecular flexibility index (Phi) is 7.48. The summed E-state index contributed by atoms with van der Waals surface area (Å²) in [5.74, 6) is -0.535. The number of benzene rings is 2. The molecule has 0 atom stereocenters. The lowest BCUT2D eigenvalue weighted by Crippen LogP contribution is -2.10. The van der Waals surface area contributed by atoms with Crippen LogP contribution in [0.3, 0.4) is 0 Å². The Hall–Kier alpha value is -4.76. The lowest BCUT2D eigenvalue weighted by atomic mass is 10.0. The highest BCUT2D eigenvalue weighted by Crippen LogP contribution is 2.34. The molecule has 0 fully saturated rings. The van der Waals surface area contributed by atoms with Crippen molar-refractivity contribution in [2.24, 2.45) is 0 Å². The number of hydrogen-bond acceptors (Lipinski definition) is 6. The SMILES string of the molecule is CC.CN(C)Cc1cccc(-c2c(Cn3nc(-c4cc(O)cc(F)c4)c4c(N)ncnc43)cc3ccccn23)c1. The van der Waals surface area contributed by atoms with Crippen molar-refractivity contribution in [3.05, 3.63) is 96.2 Å². The van der Waals surface area contributed by atoms with Crippen LogP contribution in [0, 0.1) is 5.82 Å². The molecule has 8 nitrogen and oxygen atoms in total. The van der Waals surface area contributed by atoms with Crippen molar-refractivity contribution >= 4 is 22.4 Å². The zero-order valence-corrected chi connectivity index (χ0v) is 23.0. The molecule has 0 bridgehead atoms. The van der Waals surface area contributed by atoms with E-state index in [0.717, 1.165) is 34.9 Å². The smallest absolute Gasteiger partial charge is 0.164 e. The minimum absolute atomic E-state index is 0.198. The first-order chi connectivity index (χ1) is 19.4. The third kappa shape index (κ3) is 5.11. The summed E-state index contributed by atoms with van der Waals surface area (Å²) in [5.41, 5.74) is 13.0. The Morgan fingerprint density at radius 1 is 0.950 bits per heavy atom. The summed E-state index contributed by atoms with van der Waals surface area (Å²) in [6.45, 7) is 5.22. The molecule has 40 heavy (non-hydrogen) atoms. The van der Waals surface area contributed by atoms with E-state index in [1.165, 1.54) is 24.0 Å². The van der Waals surface area contributed by atoms with Gasteiger partial charge in [-0.05, 0) is 61.6 Å². The van der Waals surface area contributed by atoms with Gasteiger partial charge in [-0.2, -0.15) is 5.10 Å². The Morgan fingerprint density at radius 3 is 2.55 bits per heavy atom. The Labute approximate surface area is 232 Å². The molecule has 0 radical (unpaired) electrons. The van der Waals surface area contributed by atoms with Crippen molar-refractivity contribution < 1.29 is 9.50 Å². The molecule has 0 spiro atoms. The first kappa shape index (κ1) is 26.8. The molecule has 0 saturated heterocycles. The fraction of sp³-hybridized carbons (Fsp3) is 0.194. The van der Waals surface area contributed by atoms with Gasteiger partial charge in [-0.3, -0.25) is 0 Å². The molecule has 6 aromatic rings. The van der Waals surface area contributed by atoms with Crippen LogP contribution >= 0.6 is 0 Å². The lowest BCUT2D eigenvalue weighted by molar-refractivity contribution is 0.402. The van der Waals surface area contributed by atoms with Crippen LogP contribution in [0.4, 0.5) is 10.2 Å². The van der Waals surface area contributed by atoms with E-state index < -0.39 is 5.82 Å². The zero-order chi connectivity index (χ0) is 28.4. The van der Waals surface area contributed by atoms with Gasteiger partial charge in [-0.25, -0.2) is 19.0 Å². The molecule has 9 heteroatoms. The zero-order valence-electron chi connectivity index (χ0n) is 23.0. The van der Waals surface area contributed by atoms with Crippen molar-refractivity contribution in [1.82, 2.24) is 29.0 Å². The van der Waals surface area contributed by atoms with Gasteiger partial charge in [0.05, 0.1) is 17.6 Å². The van der Waals surface area contributed by atoms with Gasteiger partial charge in [-0.15, -0.1) is 0 Å². The number of nitrogen functional groups attached to an aromatic ring is 1. The van der Waals surface area contributed by atoms with Crippen LogP contribution in [-0.4, -0.2) is 48.3 Å². The third-order valence-corrected chi connectivity index (χ3v) is 6.49. The van der Waals surface area contributed by atoms with Crippen molar-refractivity contribution in [1.29, 1.82) is 0 Å². The number of fused-ring (bicyclic) bond motifs is 2. The number of nitrogens with zero attached hydrogens (tertiary/aromatic N) is 6. The van der Waals surface area contributed by atoms with E-state index in [0.29, 0.717) is 28.8 Å². The number of hydrogen-bond donors (Lipinski definition) is 2. The number of aromatic hydroxyl groups is 1. The number of anilines is 1. The number of aromatic nitrogens is 5. The molecule has 0 aliphatic rings. The number of nitrogens with two attached hydrogens (primary N) is 1. The average Bonchev–Trinajstić information content (AvgIpc) is 3.48. The average molecular weight is 538 g/mol. The highest BCUT2D eigenvalue weighted by atomic mass is 19.1. The largest absolute Gasteiger partial charge is 0.508 e. The van der Waals surface area contributed by atoms with E-state index >= 15 is 0 Å². The van der Waals surface area contributed by atoms with E-state index in [1.54, 1.807) is 4.68 Å². The molecule has 0 saturated carbocycles. The third-order valence-electron chi connectivity index (χ3n) is 6.49. The van der Waals surface area contributed by atoms with Gasteiger partial charge in [0.1, 0.15) is 29.4 Å². The van der Waals surface area contributed by atoms with Gasteiger partial charge in [0.25, 0.3) is 0 Å². The molecule has 2 aromatic carbocycles. The molecule has 4 heterocycles. The van der Waals surface area contributed by atoms with Gasteiger partial charge in [0.2, 0.25) is 0 Å². The first-order valence-electron chi connectivity index (χ1n) is 13.2. The van der Waals surface area contributed by atoms with Crippen LogP contribution in [0.15, 0.2) is 79.3 Å².